The van der Waals surface area contributed by atoms with E-state index in [0.717, 1.165) is 17.0 Å². The van der Waals surface area contributed by atoms with Crippen molar-refractivity contribution in [3.05, 3.63) is 46.8 Å². The molecule has 1 heterocycles. The largest absolute Gasteiger partial charge is 0.355 e. The van der Waals surface area contributed by atoms with Gasteiger partial charge in [-0.3, -0.25) is 9.59 Å². The minimum absolute atomic E-state index is 0.173. The Balaban J connectivity index is 1.98. The number of aromatic nitrogens is 2. The molecule has 6 nitrogen and oxygen atoms in total. The Morgan fingerprint density at radius 2 is 1.79 bits per heavy atom. The lowest BCUT2D eigenvalue weighted by molar-refractivity contribution is -0.113. The van der Waals surface area contributed by atoms with Gasteiger partial charge in [0.1, 0.15) is 0 Å². The van der Waals surface area contributed by atoms with Crippen LogP contribution in [0.5, 0.6) is 0 Å². The van der Waals surface area contributed by atoms with E-state index in [1.54, 1.807) is 31.3 Å². The van der Waals surface area contributed by atoms with E-state index >= 15 is 0 Å². The van der Waals surface area contributed by atoms with Crippen LogP contribution in [0.4, 0.5) is 5.69 Å². The Hall–Kier alpha value is -2.41. The Morgan fingerprint density at radius 3 is 2.42 bits per heavy atom. The summed E-state index contributed by atoms with van der Waals surface area (Å²) in [5.74, 6) is -0.167. The van der Waals surface area contributed by atoms with Crippen LogP contribution in [-0.4, -0.2) is 34.6 Å². The highest BCUT2D eigenvalue weighted by atomic mass is 32.2. The third-order valence-electron chi connectivity index (χ3n) is 3.58. The van der Waals surface area contributed by atoms with Crippen LogP contribution in [0.15, 0.2) is 29.4 Å². The van der Waals surface area contributed by atoms with Crippen molar-refractivity contribution in [3.8, 4) is 0 Å². The summed E-state index contributed by atoms with van der Waals surface area (Å²) in [6.45, 7) is 5.84. The summed E-state index contributed by atoms with van der Waals surface area (Å²) in [5.41, 5.74) is 3.98. The molecule has 0 aliphatic heterocycles. The highest BCUT2D eigenvalue weighted by molar-refractivity contribution is 7.99. The van der Waals surface area contributed by atoms with Crippen molar-refractivity contribution < 1.29 is 9.59 Å². The molecular weight excluding hydrogens is 324 g/mol. The Morgan fingerprint density at radius 1 is 1.12 bits per heavy atom. The molecular formula is C17H20N4O2S. The van der Waals surface area contributed by atoms with E-state index in [-0.39, 0.29) is 17.6 Å². The fourth-order valence-corrected chi connectivity index (χ4v) is 2.75. The number of anilines is 1. The fourth-order valence-electron chi connectivity index (χ4n) is 2.02. The number of hydrogen-bond acceptors (Lipinski definition) is 5. The van der Waals surface area contributed by atoms with Crippen molar-refractivity contribution in [2.75, 3.05) is 18.1 Å². The number of benzene rings is 1. The zero-order valence-electron chi connectivity index (χ0n) is 14.1. The zero-order chi connectivity index (χ0) is 17.7. The second-order valence-corrected chi connectivity index (χ2v) is 6.24. The smallest absolute Gasteiger partial charge is 0.251 e. The first-order valence-electron chi connectivity index (χ1n) is 7.47. The van der Waals surface area contributed by atoms with Gasteiger partial charge in [-0.1, -0.05) is 17.8 Å². The SMILES string of the molecule is CNC(=O)c1cccc(NC(=O)CSc2nc(C)c(C)c(C)n2)c1. The van der Waals surface area contributed by atoms with Crippen LogP contribution in [0, 0.1) is 20.8 Å². The lowest BCUT2D eigenvalue weighted by Gasteiger charge is -2.08. The predicted octanol–water partition coefficient (Wildman–Crippen LogP) is 2.49. The third-order valence-corrected chi connectivity index (χ3v) is 4.43. The molecule has 0 aliphatic rings. The summed E-state index contributed by atoms with van der Waals surface area (Å²) in [7, 11) is 1.57. The van der Waals surface area contributed by atoms with Gasteiger partial charge in [0.2, 0.25) is 5.91 Å². The first-order chi connectivity index (χ1) is 11.4. The summed E-state index contributed by atoms with van der Waals surface area (Å²) in [5, 5.41) is 5.92. The maximum atomic E-state index is 12.1. The molecule has 0 saturated carbocycles. The van der Waals surface area contributed by atoms with Gasteiger partial charge >= 0.3 is 0 Å². The number of carbonyl (C=O) groups excluding carboxylic acids is 2. The molecule has 126 valence electrons. The van der Waals surface area contributed by atoms with Gasteiger partial charge in [0, 0.05) is 29.7 Å². The minimum atomic E-state index is -0.195. The van der Waals surface area contributed by atoms with Gasteiger partial charge in [0.25, 0.3) is 5.91 Å². The van der Waals surface area contributed by atoms with Crippen LogP contribution in [0.3, 0.4) is 0 Å². The van der Waals surface area contributed by atoms with E-state index in [1.165, 1.54) is 11.8 Å². The van der Waals surface area contributed by atoms with Gasteiger partial charge in [-0.25, -0.2) is 9.97 Å². The minimum Gasteiger partial charge on any atom is -0.355 e. The van der Waals surface area contributed by atoms with E-state index in [9.17, 15) is 9.59 Å². The summed E-state index contributed by atoms with van der Waals surface area (Å²) in [4.78, 5) is 32.5. The van der Waals surface area contributed by atoms with Crippen molar-refractivity contribution in [2.45, 2.75) is 25.9 Å². The highest BCUT2D eigenvalue weighted by Crippen LogP contribution is 2.18. The molecule has 2 amide bonds. The van der Waals surface area contributed by atoms with E-state index in [0.29, 0.717) is 16.4 Å². The molecule has 0 spiro atoms. The van der Waals surface area contributed by atoms with E-state index < -0.39 is 0 Å². The van der Waals surface area contributed by atoms with Gasteiger partial charge in [-0.15, -0.1) is 0 Å². The van der Waals surface area contributed by atoms with Crippen molar-refractivity contribution >= 4 is 29.3 Å². The number of aryl methyl sites for hydroxylation is 2. The second-order valence-electron chi connectivity index (χ2n) is 5.30. The standard InChI is InChI=1S/C17H20N4O2S/c1-10-11(2)19-17(20-12(10)3)24-9-15(22)21-14-7-5-6-13(8-14)16(23)18-4/h5-8H,9H2,1-4H3,(H,18,23)(H,21,22). The molecule has 0 saturated heterocycles. The quantitative estimate of drug-likeness (QED) is 0.643. The second kappa shape index (κ2) is 7.92. The average molecular weight is 344 g/mol. The van der Waals surface area contributed by atoms with Gasteiger partial charge in [0.05, 0.1) is 5.75 Å². The highest BCUT2D eigenvalue weighted by Gasteiger charge is 2.10. The Labute approximate surface area is 145 Å². The lowest BCUT2D eigenvalue weighted by Crippen LogP contribution is -2.19. The van der Waals surface area contributed by atoms with Crippen LogP contribution >= 0.6 is 11.8 Å². The predicted molar refractivity (Wildman–Crippen MR) is 95.4 cm³/mol. The maximum Gasteiger partial charge on any atom is 0.251 e. The van der Waals surface area contributed by atoms with E-state index in [4.69, 9.17) is 0 Å². The molecule has 2 N–H and O–H groups in total. The topological polar surface area (TPSA) is 84.0 Å². The van der Waals surface area contributed by atoms with Gasteiger partial charge in [-0.05, 0) is 44.5 Å². The molecule has 24 heavy (non-hydrogen) atoms. The van der Waals surface area contributed by atoms with Crippen molar-refractivity contribution in [2.24, 2.45) is 0 Å². The van der Waals surface area contributed by atoms with Crippen LogP contribution in [0.2, 0.25) is 0 Å². The summed E-state index contributed by atoms with van der Waals surface area (Å²) in [6.07, 6.45) is 0. The summed E-state index contributed by atoms with van der Waals surface area (Å²) < 4.78 is 0. The van der Waals surface area contributed by atoms with Gasteiger partial charge in [-0.2, -0.15) is 0 Å². The molecule has 1 aromatic carbocycles. The van der Waals surface area contributed by atoms with Crippen LogP contribution in [0.1, 0.15) is 27.3 Å². The molecule has 2 rings (SSSR count). The summed E-state index contributed by atoms with van der Waals surface area (Å²) in [6, 6.07) is 6.79. The first kappa shape index (κ1) is 17.9. The van der Waals surface area contributed by atoms with Crippen molar-refractivity contribution in [1.82, 2.24) is 15.3 Å². The molecule has 2 aromatic rings. The van der Waals surface area contributed by atoms with Crippen LogP contribution < -0.4 is 10.6 Å². The molecule has 1 aromatic heterocycles. The molecule has 0 radical (unpaired) electrons. The molecule has 0 aliphatic carbocycles. The fraction of sp³-hybridized carbons (Fsp3) is 0.294. The Kier molecular flexibility index (Phi) is 5.92. The molecule has 0 unspecified atom stereocenters. The van der Waals surface area contributed by atoms with Crippen molar-refractivity contribution in [1.29, 1.82) is 0 Å². The summed E-state index contributed by atoms with van der Waals surface area (Å²) >= 11 is 1.29. The van der Waals surface area contributed by atoms with Crippen LogP contribution in [-0.2, 0) is 4.79 Å². The Bertz CT molecular complexity index is 754. The van der Waals surface area contributed by atoms with Crippen molar-refractivity contribution in [3.63, 3.8) is 0 Å². The number of carbonyl (C=O) groups is 2. The van der Waals surface area contributed by atoms with Crippen LogP contribution in [0.25, 0.3) is 0 Å². The number of hydrogen-bond donors (Lipinski definition) is 2. The molecule has 0 bridgehead atoms. The van der Waals surface area contributed by atoms with E-state index in [2.05, 4.69) is 20.6 Å². The number of nitrogens with one attached hydrogen (secondary N) is 2. The molecule has 0 fully saturated rings. The number of rotatable bonds is 5. The van der Waals surface area contributed by atoms with Gasteiger partial charge in [0.15, 0.2) is 5.16 Å². The normalized spacial score (nSPS) is 10.3. The zero-order valence-corrected chi connectivity index (χ0v) is 15.0. The monoisotopic (exact) mass is 344 g/mol. The maximum absolute atomic E-state index is 12.1. The lowest BCUT2D eigenvalue weighted by atomic mass is 10.2. The molecule has 0 atom stereocenters. The third kappa shape index (κ3) is 4.55. The first-order valence-corrected chi connectivity index (χ1v) is 8.46. The number of thioether (sulfide) groups is 1. The number of amides is 2. The van der Waals surface area contributed by atoms with Gasteiger partial charge < -0.3 is 10.6 Å². The molecule has 7 heteroatoms. The average Bonchev–Trinajstić information content (AvgIpc) is 2.57. The number of nitrogens with zero attached hydrogens (tertiary/aromatic N) is 2. The van der Waals surface area contributed by atoms with E-state index in [1.807, 2.05) is 20.8 Å².